The highest BCUT2D eigenvalue weighted by molar-refractivity contribution is 5.95. The fraction of sp³-hybridized carbons (Fsp3) is 0.429. The van der Waals surface area contributed by atoms with Crippen LogP contribution in [0, 0.1) is 0 Å². The van der Waals surface area contributed by atoms with Gasteiger partial charge in [-0.25, -0.2) is 30.0 Å². The maximum Gasteiger partial charge on any atom is 0.358 e. The number of nitrogens with one attached hydrogen (secondary N) is 3. The molecule has 4 N–H and O–H groups in total. The van der Waals surface area contributed by atoms with E-state index in [-0.39, 0.29) is 32.2 Å². The van der Waals surface area contributed by atoms with Gasteiger partial charge < -0.3 is 25.3 Å². The van der Waals surface area contributed by atoms with Crippen molar-refractivity contribution in [2.75, 3.05) is 25.5 Å². The fourth-order valence-electron chi connectivity index (χ4n) is 3.84. The Morgan fingerprint density at radius 1 is 1.23 bits per heavy atom. The molecule has 188 valence electrons. The number of ether oxygens (including phenoxy) is 1. The lowest BCUT2D eigenvalue weighted by molar-refractivity contribution is -0.155. The van der Waals surface area contributed by atoms with Crippen LogP contribution in [0.5, 0.6) is 5.75 Å². The standard InChI is InChI=1S/C21H26N6O8/c1-35-16-7-3-2-5-14(16)23-20(33)24-25-10-8-17(29)26-9-4-6-15(27(26)21(25)34)19(32)22-13(12-28)11-18(30)31/h2-3,5,7,12-13,15H,4,6,8-11H2,1H3,(H,22,32)(H,30,31)(H2,23,24,33)/t13-,15-/m0/s1. The molecule has 2 fully saturated rings. The number of fused-ring (bicyclic) bond motifs is 1. The predicted molar refractivity (Wildman–Crippen MR) is 119 cm³/mol. The zero-order chi connectivity index (χ0) is 25.5. The van der Waals surface area contributed by atoms with E-state index in [1.165, 1.54) is 7.11 Å². The zero-order valence-corrected chi connectivity index (χ0v) is 18.9. The van der Waals surface area contributed by atoms with Crippen molar-refractivity contribution in [2.24, 2.45) is 0 Å². The summed E-state index contributed by atoms with van der Waals surface area (Å²) in [6, 6.07) is 2.55. The first kappa shape index (κ1) is 25.3. The van der Waals surface area contributed by atoms with Gasteiger partial charge in [0.1, 0.15) is 18.1 Å². The molecule has 14 nitrogen and oxygen atoms in total. The molecule has 1 aromatic carbocycles. The van der Waals surface area contributed by atoms with Crippen molar-refractivity contribution in [3.05, 3.63) is 24.3 Å². The first-order valence-corrected chi connectivity index (χ1v) is 10.8. The number of carbonyl (C=O) groups is 6. The Morgan fingerprint density at radius 2 is 1.97 bits per heavy atom. The lowest BCUT2D eigenvalue weighted by Crippen LogP contribution is -2.65. The minimum Gasteiger partial charge on any atom is -0.495 e. The Bertz CT molecular complexity index is 1020. The van der Waals surface area contributed by atoms with Crippen molar-refractivity contribution in [2.45, 2.75) is 37.8 Å². The number of para-hydroxylation sites is 2. The monoisotopic (exact) mass is 490 g/mol. The Morgan fingerprint density at radius 3 is 2.66 bits per heavy atom. The maximum atomic E-state index is 13.3. The minimum atomic E-state index is -1.30. The Hall–Kier alpha value is -4.36. The summed E-state index contributed by atoms with van der Waals surface area (Å²) in [5.74, 6) is -2.10. The van der Waals surface area contributed by atoms with E-state index in [0.717, 1.165) is 15.0 Å². The van der Waals surface area contributed by atoms with Crippen molar-refractivity contribution in [3.8, 4) is 5.75 Å². The highest BCUT2D eigenvalue weighted by Crippen LogP contribution is 2.25. The highest BCUT2D eigenvalue weighted by Gasteiger charge is 2.44. The number of urea groups is 2. The van der Waals surface area contributed by atoms with Gasteiger partial charge in [0.15, 0.2) is 0 Å². The molecule has 3 rings (SSSR count). The second kappa shape index (κ2) is 11.2. The number of amides is 6. The molecule has 0 aromatic heterocycles. The molecule has 0 spiro atoms. The molecule has 6 amide bonds. The lowest BCUT2D eigenvalue weighted by Gasteiger charge is -2.42. The van der Waals surface area contributed by atoms with Crippen molar-refractivity contribution in [3.63, 3.8) is 0 Å². The van der Waals surface area contributed by atoms with Gasteiger partial charge in [-0.05, 0) is 25.0 Å². The molecule has 2 heterocycles. The summed E-state index contributed by atoms with van der Waals surface area (Å²) in [5, 5.41) is 16.8. The van der Waals surface area contributed by atoms with Gasteiger partial charge in [0.2, 0.25) is 11.8 Å². The summed E-state index contributed by atoms with van der Waals surface area (Å²) >= 11 is 0. The van der Waals surface area contributed by atoms with E-state index in [9.17, 15) is 28.8 Å². The zero-order valence-electron chi connectivity index (χ0n) is 18.9. The largest absolute Gasteiger partial charge is 0.495 e. The number of carbonyl (C=O) groups excluding carboxylic acids is 5. The SMILES string of the molecule is COc1ccccc1NC(=O)NN1CCC(=O)N2CCC[C@@H](C(=O)N[C@H](C=O)CC(=O)O)N2C1=O. The number of nitrogens with zero attached hydrogens (tertiary/aromatic N) is 3. The minimum absolute atomic E-state index is 0.110. The number of hydrogen-bond acceptors (Lipinski definition) is 7. The number of hydrazine groups is 2. The van der Waals surface area contributed by atoms with Crippen LogP contribution in [0.4, 0.5) is 15.3 Å². The average molecular weight is 490 g/mol. The van der Waals surface area contributed by atoms with Gasteiger partial charge in [-0.1, -0.05) is 12.1 Å². The molecular formula is C21H26N6O8. The number of aliphatic carboxylic acids is 1. The molecule has 2 aliphatic heterocycles. The summed E-state index contributed by atoms with van der Waals surface area (Å²) < 4.78 is 5.18. The molecule has 35 heavy (non-hydrogen) atoms. The van der Waals surface area contributed by atoms with Crippen LogP contribution in [0.25, 0.3) is 0 Å². The second-order valence-corrected chi connectivity index (χ2v) is 7.82. The number of carboxylic acids is 1. The van der Waals surface area contributed by atoms with Crippen LogP contribution in [-0.4, -0.2) is 88.5 Å². The van der Waals surface area contributed by atoms with E-state index in [4.69, 9.17) is 9.84 Å². The lowest BCUT2D eigenvalue weighted by atomic mass is 10.1. The summed E-state index contributed by atoms with van der Waals surface area (Å²) in [6.07, 6.45) is 0.121. The number of anilines is 1. The third kappa shape index (κ3) is 5.96. The van der Waals surface area contributed by atoms with Gasteiger partial charge in [0.05, 0.1) is 31.8 Å². The molecule has 1 aromatic rings. The van der Waals surface area contributed by atoms with Crippen LogP contribution in [0.3, 0.4) is 0 Å². The summed E-state index contributed by atoms with van der Waals surface area (Å²) in [6.45, 7) is 0.0379. The van der Waals surface area contributed by atoms with Crippen molar-refractivity contribution < 1.29 is 38.6 Å². The topological polar surface area (TPSA) is 178 Å². The molecule has 0 unspecified atom stereocenters. The van der Waals surface area contributed by atoms with Crippen LogP contribution < -0.4 is 20.8 Å². The average Bonchev–Trinajstić information content (AvgIpc) is 2.95. The van der Waals surface area contributed by atoms with E-state index in [1.54, 1.807) is 24.3 Å². The number of rotatable bonds is 8. The van der Waals surface area contributed by atoms with Crippen molar-refractivity contribution in [1.29, 1.82) is 0 Å². The summed E-state index contributed by atoms with van der Waals surface area (Å²) in [4.78, 5) is 73.6. The van der Waals surface area contributed by atoms with Gasteiger partial charge in [-0.3, -0.25) is 14.4 Å². The van der Waals surface area contributed by atoms with Gasteiger partial charge in [0, 0.05) is 13.0 Å². The molecule has 0 saturated carbocycles. The summed E-state index contributed by atoms with van der Waals surface area (Å²) in [5.41, 5.74) is 2.74. The first-order valence-electron chi connectivity index (χ1n) is 10.8. The van der Waals surface area contributed by atoms with Gasteiger partial charge >= 0.3 is 18.0 Å². The molecule has 2 atom stereocenters. The Balaban J connectivity index is 1.77. The second-order valence-electron chi connectivity index (χ2n) is 7.82. The molecule has 14 heteroatoms. The predicted octanol–water partition coefficient (Wildman–Crippen LogP) is -0.0762. The number of methoxy groups -OCH3 is 1. The van der Waals surface area contributed by atoms with Crippen LogP contribution in [0.15, 0.2) is 24.3 Å². The van der Waals surface area contributed by atoms with Crippen LogP contribution in [0.2, 0.25) is 0 Å². The third-order valence-corrected chi connectivity index (χ3v) is 5.45. The highest BCUT2D eigenvalue weighted by atomic mass is 16.5. The van der Waals surface area contributed by atoms with Crippen molar-refractivity contribution in [1.82, 2.24) is 25.8 Å². The van der Waals surface area contributed by atoms with E-state index in [0.29, 0.717) is 17.9 Å². The molecule has 0 bridgehead atoms. The molecular weight excluding hydrogens is 464 g/mol. The van der Waals surface area contributed by atoms with Crippen LogP contribution >= 0.6 is 0 Å². The smallest absolute Gasteiger partial charge is 0.358 e. The van der Waals surface area contributed by atoms with E-state index >= 15 is 0 Å². The van der Waals surface area contributed by atoms with E-state index in [1.807, 2.05) is 0 Å². The van der Waals surface area contributed by atoms with Gasteiger partial charge in [-0.15, -0.1) is 0 Å². The third-order valence-electron chi connectivity index (χ3n) is 5.45. The fourth-order valence-corrected chi connectivity index (χ4v) is 3.84. The van der Waals surface area contributed by atoms with Gasteiger partial charge in [-0.2, -0.15) is 0 Å². The normalized spacial score (nSPS) is 18.7. The number of aldehydes is 1. The Labute approximate surface area is 200 Å². The van der Waals surface area contributed by atoms with Gasteiger partial charge in [0.25, 0.3) is 0 Å². The quantitative estimate of drug-likeness (QED) is 0.366. The van der Waals surface area contributed by atoms with E-state index in [2.05, 4.69) is 16.1 Å². The van der Waals surface area contributed by atoms with Crippen LogP contribution in [-0.2, 0) is 19.2 Å². The summed E-state index contributed by atoms with van der Waals surface area (Å²) in [7, 11) is 1.43. The van der Waals surface area contributed by atoms with E-state index < -0.39 is 48.4 Å². The molecule has 2 aliphatic rings. The first-order chi connectivity index (χ1) is 16.7. The number of hydrogen-bond donors (Lipinski definition) is 4. The van der Waals surface area contributed by atoms with Crippen molar-refractivity contribution >= 4 is 41.8 Å². The molecule has 0 aliphatic carbocycles. The maximum absolute atomic E-state index is 13.3. The van der Waals surface area contributed by atoms with Crippen LogP contribution in [0.1, 0.15) is 25.7 Å². The number of carboxylic acid groups (broad SMARTS) is 1. The molecule has 2 saturated heterocycles. The Kier molecular flexibility index (Phi) is 8.07. The molecule has 0 radical (unpaired) electrons. The number of benzene rings is 1.